The largest absolute Gasteiger partial charge is 0.386 e. The van der Waals surface area contributed by atoms with Crippen LogP contribution in [0.15, 0.2) is 24.3 Å². The van der Waals surface area contributed by atoms with Gasteiger partial charge in [-0.2, -0.15) is 19.0 Å². The third kappa shape index (κ3) is 1.70. The highest BCUT2D eigenvalue weighted by molar-refractivity contribution is 6.91. The highest BCUT2D eigenvalue weighted by Gasteiger charge is 2.26. The smallest absolute Gasteiger partial charge is 0.0459 e. The molecule has 0 amide bonds. The van der Waals surface area contributed by atoms with E-state index in [2.05, 4.69) is 63.6 Å². The lowest BCUT2D eigenvalue weighted by Gasteiger charge is -2.38. The summed E-state index contributed by atoms with van der Waals surface area (Å²) in [6.45, 7) is 9.35. The van der Waals surface area contributed by atoms with Gasteiger partial charge >= 0.3 is 0 Å². The SMILES string of the molecule is CC[B-](CC)(CC)c1c(C)c2ccccc2n1C. The third-order valence-corrected chi connectivity index (χ3v) is 5.34. The minimum absolute atomic E-state index is 0.404. The Bertz CT molecular complexity index is 502. The summed E-state index contributed by atoms with van der Waals surface area (Å²) in [5.74, 6) is 0. The molecule has 2 heteroatoms. The van der Waals surface area contributed by atoms with E-state index < -0.39 is 6.15 Å². The number of fused-ring (bicyclic) bond motifs is 1. The van der Waals surface area contributed by atoms with Crippen molar-refractivity contribution in [1.82, 2.24) is 4.57 Å². The molecule has 1 nitrogen and oxygen atoms in total. The first kappa shape index (κ1) is 13.3. The zero-order chi connectivity index (χ0) is 13.3. The minimum atomic E-state index is -0.404. The van der Waals surface area contributed by atoms with Crippen molar-refractivity contribution >= 4 is 22.6 Å². The molecule has 0 spiro atoms. The molecular weight excluding hydrogens is 217 g/mol. The van der Waals surface area contributed by atoms with Crippen molar-refractivity contribution in [2.24, 2.45) is 7.05 Å². The van der Waals surface area contributed by atoms with Crippen molar-refractivity contribution < 1.29 is 0 Å². The van der Waals surface area contributed by atoms with Gasteiger partial charge < -0.3 is 4.57 Å². The molecule has 0 unspecified atom stereocenters. The first-order valence-corrected chi connectivity index (χ1v) is 7.36. The van der Waals surface area contributed by atoms with Crippen LogP contribution in [0, 0.1) is 6.92 Å². The van der Waals surface area contributed by atoms with Crippen LogP contribution >= 0.6 is 0 Å². The summed E-state index contributed by atoms with van der Waals surface area (Å²) in [7, 11) is 2.24. The standard InChI is InChI=1S/C16H25BN/c1-6-17(7-2,8-3)16-13(4)14-11-9-10-12-15(14)18(16)5/h9-12H,6-8H2,1-5H3/q-1. The maximum Gasteiger partial charge on any atom is 0.0459 e. The van der Waals surface area contributed by atoms with E-state index in [0.717, 1.165) is 0 Å². The van der Waals surface area contributed by atoms with Crippen LogP contribution in [0.1, 0.15) is 26.3 Å². The summed E-state index contributed by atoms with van der Waals surface area (Å²) in [6, 6.07) is 8.80. The van der Waals surface area contributed by atoms with Gasteiger partial charge in [-0.05, 0) is 18.4 Å². The van der Waals surface area contributed by atoms with Gasteiger partial charge in [0.2, 0.25) is 0 Å². The molecule has 1 aromatic carbocycles. The molecule has 0 saturated heterocycles. The average molecular weight is 242 g/mol. The van der Waals surface area contributed by atoms with E-state index in [4.69, 9.17) is 0 Å². The molecule has 0 aliphatic heterocycles. The third-order valence-electron chi connectivity index (χ3n) is 5.34. The topological polar surface area (TPSA) is 4.93 Å². The number of aryl methyl sites for hydroxylation is 2. The van der Waals surface area contributed by atoms with Gasteiger partial charge in [0, 0.05) is 18.7 Å². The number of nitrogens with zero attached hydrogens (tertiary/aromatic N) is 1. The molecule has 1 heterocycles. The summed E-state index contributed by atoms with van der Waals surface area (Å²) in [4.78, 5) is 0. The van der Waals surface area contributed by atoms with E-state index in [1.165, 1.54) is 35.4 Å². The number of benzene rings is 1. The van der Waals surface area contributed by atoms with Gasteiger partial charge in [-0.1, -0.05) is 44.5 Å². The van der Waals surface area contributed by atoms with E-state index in [1.807, 2.05) is 0 Å². The summed E-state index contributed by atoms with van der Waals surface area (Å²) < 4.78 is 2.45. The van der Waals surface area contributed by atoms with Gasteiger partial charge in [0.05, 0.1) is 0 Å². The Morgan fingerprint density at radius 2 is 1.56 bits per heavy atom. The van der Waals surface area contributed by atoms with Gasteiger partial charge in [-0.15, -0.1) is 5.59 Å². The zero-order valence-electron chi connectivity index (χ0n) is 12.5. The van der Waals surface area contributed by atoms with E-state index in [-0.39, 0.29) is 0 Å². The van der Waals surface area contributed by atoms with Gasteiger partial charge in [-0.3, -0.25) is 0 Å². The van der Waals surface area contributed by atoms with Gasteiger partial charge in [0.15, 0.2) is 0 Å². The normalized spacial score (nSPS) is 12.3. The molecule has 0 saturated carbocycles. The lowest BCUT2D eigenvalue weighted by atomic mass is 9.18. The lowest BCUT2D eigenvalue weighted by Crippen LogP contribution is -2.50. The second kappa shape index (κ2) is 4.83. The fourth-order valence-corrected chi connectivity index (χ4v) is 3.92. The Balaban J connectivity index is 2.78. The summed E-state index contributed by atoms with van der Waals surface area (Å²) in [5.41, 5.74) is 4.48. The minimum Gasteiger partial charge on any atom is -0.386 e. The quantitative estimate of drug-likeness (QED) is 0.708. The first-order chi connectivity index (χ1) is 8.61. The van der Waals surface area contributed by atoms with Crippen LogP contribution in [-0.4, -0.2) is 10.7 Å². The van der Waals surface area contributed by atoms with Gasteiger partial charge in [0.1, 0.15) is 0 Å². The molecule has 1 aromatic heterocycles. The Labute approximate surface area is 111 Å². The van der Waals surface area contributed by atoms with Crippen molar-refractivity contribution in [2.75, 3.05) is 0 Å². The Morgan fingerprint density at radius 3 is 2.06 bits per heavy atom. The zero-order valence-corrected chi connectivity index (χ0v) is 12.5. The maximum atomic E-state index is 2.45. The van der Waals surface area contributed by atoms with Gasteiger partial charge in [-0.25, -0.2) is 0 Å². The second-order valence-corrected chi connectivity index (χ2v) is 5.79. The van der Waals surface area contributed by atoms with E-state index in [1.54, 1.807) is 5.59 Å². The molecule has 0 bridgehead atoms. The number of rotatable bonds is 4. The van der Waals surface area contributed by atoms with Crippen molar-refractivity contribution in [3.8, 4) is 0 Å². The number of hydrogen-bond donors (Lipinski definition) is 0. The maximum absolute atomic E-state index is 2.45. The predicted molar refractivity (Wildman–Crippen MR) is 84.5 cm³/mol. The van der Waals surface area contributed by atoms with Crippen molar-refractivity contribution in [1.29, 1.82) is 0 Å². The molecule has 0 aliphatic rings. The van der Waals surface area contributed by atoms with Crippen LogP contribution < -0.4 is 5.59 Å². The predicted octanol–water partition coefficient (Wildman–Crippen LogP) is 4.20. The van der Waals surface area contributed by atoms with Crippen LogP contribution in [-0.2, 0) is 7.05 Å². The van der Waals surface area contributed by atoms with Gasteiger partial charge in [0.25, 0.3) is 0 Å². The number of aromatic nitrogens is 1. The highest BCUT2D eigenvalue weighted by atomic mass is 14.9. The molecular formula is C16H25BN-. The molecule has 18 heavy (non-hydrogen) atoms. The van der Waals surface area contributed by atoms with E-state index in [0.29, 0.717) is 0 Å². The Morgan fingerprint density at radius 1 is 1.00 bits per heavy atom. The Kier molecular flexibility index (Phi) is 3.56. The monoisotopic (exact) mass is 242 g/mol. The van der Waals surface area contributed by atoms with Crippen LogP contribution in [0.3, 0.4) is 0 Å². The molecule has 2 rings (SSSR count). The molecule has 0 aliphatic carbocycles. The van der Waals surface area contributed by atoms with E-state index in [9.17, 15) is 0 Å². The van der Waals surface area contributed by atoms with Crippen LogP contribution in [0.2, 0.25) is 19.0 Å². The van der Waals surface area contributed by atoms with E-state index >= 15 is 0 Å². The van der Waals surface area contributed by atoms with Crippen LogP contribution in [0.5, 0.6) is 0 Å². The van der Waals surface area contributed by atoms with Crippen LogP contribution in [0.4, 0.5) is 0 Å². The molecule has 0 atom stereocenters. The highest BCUT2D eigenvalue weighted by Crippen LogP contribution is 2.27. The second-order valence-electron chi connectivity index (χ2n) is 5.79. The first-order valence-electron chi connectivity index (χ1n) is 7.36. The number of para-hydroxylation sites is 1. The number of hydrogen-bond acceptors (Lipinski definition) is 0. The summed E-state index contributed by atoms with van der Waals surface area (Å²) in [6.07, 6.45) is 3.42. The molecule has 0 radical (unpaired) electrons. The van der Waals surface area contributed by atoms with Crippen LogP contribution in [0.25, 0.3) is 10.9 Å². The summed E-state index contributed by atoms with van der Waals surface area (Å²) in [5, 5.41) is 1.43. The van der Waals surface area contributed by atoms with Crippen molar-refractivity contribution in [2.45, 2.75) is 46.7 Å². The molecule has 0 N–H and O–H groups in total. The molecule has 0 fully saturated rings. The Hall–Kier alpha value is -1.18. The molecule has 98 valence electrons. The average Bonchev–Trinajstić information content (AvgIpc) is 2.67. The fourth-order valence-electron chi connectivity index (χ4n) is 3.92. The molecule has 2 aromatic rings. The summed E-state index contributed by atoms with van der Waals surface area (Å²) >= 11 is 0. The van der Waals surface area contributed by atoms with Crippen molar-refractivity contribution in [3.05, 3.63) is 29.8 Å². The van der Waals surface area contributed by atoms with Crippen molar-refractivity contribution in [3.63, 3.8) is 0 Å². The fraction of sp³-hybridized carbons (Fsp3) is 0.500. The lowest BCUT2D eigenvalue weighted by molar-refractivity contribution is 0.979.